The molecule has 0 aliphatic carbocycles. The second-order valence-corrected chi connectivity index (χ2v) is 8.86. The van der Waals surface area contributed by atoms with E-state index in [1.54, 1.807) is 7.11 Å². The number of anilines is 3. The van der Waals surface area contributed by atoms with Gasteiger partial charge in [-0.25, -0.2) is 9.97 Å². The number of ether oxygens (including phenoxy) is 2. The first-order chi connectivity index (χ1) is 16.5. The Hall–Kier alpha value is -3.11. The second kappa shape index (κ2) is 10.9. The topological polar surface area (TPSA) is 83.2 Å². The van der Waals surface area contributed by atoms with Crippen LogP contribution in [0.25, 0.3) is 12.2 Å². The van der Waals surface area contributed by atoms with Gasteiger partial charge in [-0.3, -0.25) is 0 Å². The van der Waals surface area contributed by atoms with E-state index in [-0.39, 0.29) is 0 Å². The molecular weight excluding hydrogens is 450 g/mol. The van der Waals surface area contributed by atoms with Crippen molar-refractivity contribution in [3.8, 4) is 5.75 Å². The Morgan fingerprint density at radius 1 is 0.971 bits per heavy atom. The lowest BCUT2D eigenvalue weighted by Gasteiger charge is -2.39. The standard InChI is InChI=1S/C24H33N7O2S/c1-28(2)24(34)31-12-10-29(11-13-31)22-21(25)23(30-14-16-33-17-15-30)27-20(26-22)9-6-18-4-7-19(32-3)8-5-18/h4-9H,10-17,25H2,1-3H3. The Balaban J connectivity index is 1.61. The van der Waals surface area contributed by atoms with Crippen molar-refractivity contribution in [2.75, 3.05) is 89.2 Å². The van der Waals surface area contributed by atoms with Crippen LogP contribution in [0, 0.1) is 0 Å². The zero-order valence-electron chi connectivity index (χ0n) is 20.1. The number of morpholine rings is 1. The predicted octanol–water partition coefficient (Wildman–Crippen LogP) is 2.04. The molecule has 3 heterocycles. The number of piperazine rings is 1. The van der Waals surface area contributed by atoms with Crippen molar-refractivity contribution in [3.05, 3.63) is 35.7 Å². The zero-order valence-corrected chi connectivity index (χ0v) is 20.9. The molecule has 34 heavy (non-hydrogen) atoms. The molecule has 2 aliphatic rings. The van der Waals surface area contributed by atoms with Crippen LogP contribution in [0.1, 0.15) is 11.4 Å². The first-order valence-electron chi connectivity index (χ1n) is 11.5. The van der Waals surface area contributed by atoms with Gasteiger partial charge in [0.1, 0.15) is 11.4 Å². The average Bonchev–Trinajstić information content (AvgIpc) is 2.88. The molecule has 4 rings (SSSR count). The van der Waals surface area contributed by atoms with Crippen LogP contribution in [-0.2, 0) is 4.74 Å². The number of benzene rings is 1. The van der Waals surface area contributed by atoms with E-state index in [4.69, 9.17) is 37.4 Å². The number of thiocarbonyl (C=S) groups is 1. The van der Waals surface area contributed by atoms with Crippen LogP contribution in [-0.4, -0.2) is 98.6 Å². The number of methoxy groups -OCH3 is 1. The van der Waals surface area contributed by atoms with E-state index < -0.39 is 0 Å². The summed E-state index contributed by atoms with van der Waals surface area (Å²) in [6.45, 7) is 6.07. The number of nitrogen functional groups attached to an aromatic ring is 1. The van der Waals surface area contributed by atoms with Gasteiger partial charge >= 0.3 is 0 Å². The predicted molar refractivity (Wildman–Crippen MR) is 141 cm³/mol. The van der Waals surface area contributed by atoms with Crippen molar-refractivity contribution in [2.45, 2.75) is 0 Å². The first-order valence-corrected chi connectivity index (χ1v) is 11.9. The Labute approximate surface area is 206 Å². The van der Waals surface area contributed by atoms with Gasteiger partial charge in [-0.15, -0.1) is 0 Å². The molecule has 0 spiro atoms. The van der Waals surface area contributed by atoms with Gasteiger partial charge in [0.25, 0.3) is 0 Å². The normalized spacial score (nSPS) is 16.7. The van der Waals surface area contributed by atoms with Crippen LogP contribution in [0.5, 0.6) is 5.75 Å². The SMILES string of the molecule is COc1ccc(C=Cc2nc(N3CCOCC3)c(N)c(N3CCN(C(=S)N(C)C)CC3)n2)cc1. The number of rotatable bonds is 5. The summed E-state index contributed by atoms with van der Waals surface area (Å²) in [5, 5.41) is 0.854. The summed E-state index contributed by atoms with van der Waals surface area (Å²) in [5.41, 5.74) is 8.32. The van der Waals surface area contributed by atoms with Crippen LogP contribution in [0.3, 0.4) is 0 Å². The van der Waals surface area contributed by atoms with Crippen LogP contribution in [0.15, 0.2) is 24.3 Å². The van der Waals surface area contributed by atoms with E-state index >= 15 is 0 Å². The summed E-state index contributed by atoms with van der Waals surface area (Å²) < 4.78 is 10.8. The molecule has 10 heteroatoms. The largest absolute Gasteiger partial charge is 0.497 e. The van der Waals surface area contributed by atoms with Gasteiger partial charge in [0.05, 0.1) is 20.3 Å². The van der Waals surface area contributed by atoms with Crippen molar-refractivity contribution in [1.82, 2.24) is 19.8 Å². The maximum absolute atomic E-state index is 6.66. The van der Waals surface area contributed by atoms with E-state index in [0.29, 0.717) is 24.7 Å². The highest BCUT2D eigenvalue weighted by Crippen LogP contribution is 2.32. The average molecular weight is 484 g/mol. The lowest BCUT2D eigenvalue weighted by molar-refractivity contribution is 0.122. The lowest BCUT2D eigenvalue weighted by atomic mass is 10.2. The van der Waals surface area contributed by atoms with Gasteiger partial charge in [0, 0.05) is 53.4 Å². The zero-order chi connectivity index (χ0) is 24.1. The molecule has 0 atom stereocenters. The van der Waals surface area contributed by atoms with Crippen molar-refractivity contribution < 1.29 is 9.47 Å². The van der Waals surface area contributed by atoms with Gasteiger partial charge < -0.3 is 34.8 Å². The lowest BCUT2D eigenvalue weighted by Crippen LogP contribution is -2.51. The molecule has 2 N–H and O–H groups in total. The molecule has 1 aromatic heterocycles. The monoisotopic (exact) mass is 483 g/mol. The summed E-state index contributed by atoms with van der Waals surface area (Å²) in [7, 11) is 5.62. The third-order valence-electron chi connectivity index (χ3n) is 6.01. The molecule has 0 unspecified atom stereocenters. The van der Waals surface area contributed by atoms with Crippen molar-refractivity contribution in [3.63, 3.8) is 0 Å². The summed E-state index contributed by atoms with van der Waals surface area (Å²) in [5.74, 6) is 3.01. The summed E-state index contributed by atoms with van der Waals surface area (Å²) in [4.78, 5) is 18.3. The van der Waals surface area contributed by atoms with Crippen LogP contribution in [0.4, 0.5) is 17.3 Å². The number of nitrogens with two attached hydrogens (primary N) is 1. The Morgan fingerprint density at radius 2 is 1.56 bits per heavy atom. The third-order valence-corrected chi connectivity index (χ3v) is 6.63. The number of hydrogen-bond donors (Lipinski definition) is 1. The smallest absolute Gasteiger partial charge is 0.171 e. The molecule has 0 radical (unpaired) electrons. The molecule has 9 nitrogen and oxygen atoms in total. The van der Waals surface area contributed by atoms with Gasteiger partial charge in [0.2, 0.25) is 0 Å². The minimum absolute atomic E-state index is 0.618. The summed E-state index contributed by atoms with van der Waals surface area (Å²) in [6, 6.07) is 7.88. The van der Waals surface area contributed by atoms with Gasteiger partial charge in [-0.2, -0.15) is 0 Å². The van der Waals surface area contributed by atoms with Crippen LogP contribution < -0.4 is 20.3 Å². The molecule has 1 aromatic carbocycles. The highest BCUT2D eigenvalue weighted by atomic mass is 32.1. The Kier molecular flexibility index (Phi) is 7.69. The van der Waals surface area contributed by atoms with E-state index in [1.807, 2.05) is 55.4 Å². The van der Waals surface area contributed by atoms with E-state index in [9.17, 15) is 0 Å². The molecule has 2 aromatic rings. The molecule has 2 saturated heterocycles. The van der Waals surface area contributed by atoms with Crippen molar-refractivity contribution in [2.24, 2.45) is 0 Å². The number of nitrogens with zero attached hydrogens (tertiary/aromatic N) is 6. The fourth-order valence-electron chi connectivity index (χ4n) is 4.07. The van der Waals surface area contributed by atoms with Gasteiger partial charge in [0.15, 0.2) is 22.6 Å². The number of aromatic nitrogens is 2. The minimum Gasteiger partial charge on any atom is -0.497 e. The fraction of sp³-hybridized carbons (Fsp3) is 0.458. The van der Waals surface area contributed by atoms with Crippen LogP contribution >= 0.6 is 12.2 Å². The highest BCUT2D eigenvalue weighted by Gasteiger charge is 2.26. The first kappa shape index (κ1) is 24.0. The number of hydrogen-bond acceptors (Lipinski definition) is 8. The Morgan fingerprint density at radius 3 is 2.12 bits per heavy atom. The quantitative estimate of drug-likeness (QED) is 0.638. The molecule has 0 saturated carbocycles. The van der Waals surface area contributed by atoms with E-state index in [2.05, 4.69) is 14.7 Å². The molecule has 182 valence electrons. The van der Waals surface area contributed by atoms with Gasteiger partial charge in [-0.1, -0.05) is 18.2 Å². The molecular formula is C24H33N7O2S. The molecule has 0 amide bonds. The fourth-order valence-corrected chi connectivity index (χ4v) is 4.25. The van der Waals surface area contributed by atoms with Gasteiger partial charge in [-0.05, 0) is 36.0 Å². The van der Waals surface area contributed by atoms with E-state index in [0.717, 1.165) is 67.3 Å². The summed E-state index contributed by atoms with van der Waals surface area (Å²) in [6.07, 6.45) is 3.94. The third kappa shape index (κ3) is 5.51. The molecule has 2 aliphatic heterocycles. The van der Waals surface area contributed by atoms with Crippen molar-refractivity contribution in [1.29, 1.82) is 0 Å². The minimum atomic E-state index is 0.618. The van der Waals surface area contributed by atoms with Crippen molar-refractivity contribution >= 4 is 46.8 Å². The molecule has 2 fully saturated rings. The maximum atomic E-state index is 6.66. The maximum Gasteiger partial charge on any atom is 0.171 e. The Bertz CT molecular complexity index is 1010. The van der Waals surface area contributed by atoms with E-state index in [1.165, 1.54) is 0 Å². The second-order valence-electron chi connectivity index (χ2n) is 8.50. The van der Waals surface area contributed by atoms with Crippen LogP contribution in [0.2, 0.25) is 0 Å². The highest BCUT2D eigenvalue weighted by molar-refractivity contribution is 7.80. The molecule has 0 bridgehead atoms. The summed E-state index contributed by atoms with van der Waals surface area (Å²) >= 11 is 5.55.